The van der Waals surface area contributed by atoms with Gasteiger partial charge in [0.2, 0.25) is 5.91 Å². The lowest BCUT2D eigenvalue weighted by molar-refractivity contribution is -0.137. The molecule has 180 valence electrons. The molecule has 2 aromatic rings. The number of aliphatic hydroxyl groups is 1. The van der Waals surface area contributed by atoms with Crippen LogP contribution in [0.25, 0.3) is 10.8 Å². The molecule has 1 saturated heterocycles. The van der Waals surface area contributed by atoms with Gasteiger partial charge in [0.1, 0.15) is 5.82 Å². The van der Waals surface area contributed by atoms with E-state index in [-0.39, 0.29) is 18.7 Å². The normalized spacial score (nSPS) is 23.3. The maximum atomic E-state index is 13.3. The molecule has 0 radical (unpaired) electrons. The number of carbonyl (C=O) groups excluding carboxylic acids is 1. The quantitative estimate of drug-likeness (QED) is 0.655. The summed E-state index contributed by atoms with van der Waals surface area (Å²) in [6, 6.07) is 5.63. The van der Waals surface area contributed by atoms with Gasteiger partial charge >= 0.3 is 6.18 Å². The topological polar surface area (TPSA) is 82.7 Å². The minimum Gasteiger partial charge on any atom is -0.393 e. The number of halogens is 3. The predicted molar refractivity (Wildman–Crippen MR) is 121 cm³/mol. The van der Waals surface area contributed by atoms with Gasteiger partial charge in [-0.25, -0.2) is 4.98 Å². The highest BCUT2D eigenvalue weighted by atomic mass is 19.4. The number of benzene rings is 1. The Morgan fingerprint density at radius 3 is 2.55 bits per heavy atom. The van der Waals surface area contributed by atoms with Gasteiger partial charge in [0.05, 0.1) is 24.3 Å². The van der Waals surface area contributed by atoms with Crippen LogP contribution in [-0.4, -0.2) is 58.7 Å². The van der Waals surface area contributed by atoms with Crippen LogP contribution in [0.15, 0.2) is 30.5 Å². The first-order chi connectivity index (χ1) is 15.7. The maximum absolute atomic E-state index is 13.3. The highest BCUT2D eigenvalue weighted by Crippen LogP contribution is 2.37. The summed E-state index contributed by atoms with van der Waals surface area (Å²) in [7, 11) is 0. The molecule has 0 spiro atoms. The van der Waals surface area contributed by atoms with Crippen LogP contribution < -0.4 is 10.6 Å². The van der Waals surface area contributed by atoms with E-state index in [1.54, 1.807) is 17.2 Å². The number of alkyl halides is 3. The minimum absolute atomic E-state index is 0.0518. The maximum Gasteiger partial charge on any atom is 0.416 e. The average molecular weight is 465 g/mol. The number of nitrogens with two attached hydrogens (primary N) is 1. The molecule has 2 fully saturated rings. The molecule has 1 aliphatic carbocycles. The number of hydrogen-bond donors (Lipinski definition) is 2. The number of carbonyl (C=O) groups is 1. The second-order valence-electron chi connectivity index (χ2n) is 9.31. The summed E-state index contributed by atoms with van der Waals surface area (Å²) in [5, 5.41) is 11.1. The smallest absolute Gasteiger partial charge is 0.393 e. The summed E-state index contributed by atoms with van der Waals surface area (Å²) in [6.45, 7) is 3.31. The summed E-state index contributed by atoms with van der Waals surface area (Å²) in [4.78, 5) is 20.3. The van der Waals surface area contributed by atoms with Crippen molar-refractivity contribution in [2.24, 2.45) is 11.7 Å². The van der Waals surface area contributed by atoms with E-state index in [0.29, 0.717) is 41.6 Å². The SMILES string of the molecule is CCC(O)C1CCC(N2CC(N(CC(N)=O)c3nccc4ccc(C(F)(F)F)cc34)C2)CC1. The van der Waals surface area contributed by atoms with Crippen molar-refractivity contribution >= 4 is 22.5 Å². The van der Waals surface area contributed by atoms with Crippen LogP contribution in [0, 0.1) is 5.92 Å². The number of fused-ring (bicyclic) bond motifs is 1. The molecular weight excluding hydrogens is 433 g/mol. The third-order valence-electron chi connectivity index (χ3n) is 7.22. The van der Waals surface area contributed by atoms with E-state index in [4.69, 9.17) is 5.73 Å². The Balaban J connectivity index is 1.51. The van der Waals surface area contributed by atoms with Crippen LogP contribution in [0.5, 0.6) is 0 Å². The molecule has 1 aromatic heterocycles. The van der Waals surface area contributed by atoms with Gasteiger partial charge in [-0.2, -0.15) is 13.2 Å². The van der Waals surface area contributed by atoms with E-state index < -0.39 is 17.6 Å². The number of aromatic nitrogens is 1. The van der Waals surface area contributed by atoms with Crippen LogP contribution >= 0.6 is 0 Å². The Morgan fingerprint density at radius 1 is 1.24 bits per heavy atom. The van der Waals surface area contributed by atoms with Gasteiger partial charge in [-0.05, 0) is 61.6 Å². The van der Waals surface area contributed by atoms with Gasteiger partial charge in [-0.1, -0.05) is 13.0 Å². The lowest BCUT2D eigenvalue weighted by atomic mass is 9.80. The lowest BCUT2D eigenvalue weighted by Crippen LogP contribution is -2.64. The fraction of sp³-hybridized carbons (Fsp3) is 0.583. The Labute approximate surface area is 191 Å². The van der Waals surface area contributed by atoms with Crippen LogP contribution in [0.2, 0.25) is 0 Å². The predicted octanol–water partition coefficient (Wildman–Crippen LogP) is 3.56. The first-order valence-electron chi connectivity index (χ1n) is 11.6. The monoisotopic (exact) mass is 464 g/mol. The first kappa shape index (κ1) is 23.8. The number of likely N-dealkylation sites (tertiary alicyclic amines) is 1. The number of primary amides is 1. The second kappa shape index (κ2) is 9.46. The van der Waals surface area contributed by atoms with Crippen LogP contribution in [0.4, 0.5) is 19.0 Å². The fourth-order valence-corrected chi connectivity index (χ4v) is 5.27. The molecule has 2 heterocycles. The Morgan fingerprint density at radius 2 is 1.94 bits per heavy atom. The van der Waals surface area contributed by atoms with Crippen molar-refractivity contribution in [2.75, 3.05) is 24.5 Å². The van der Waals surface area contributed by atoms with Gasteiger partial charge in [0, 0.05) is 30.7 Å². The van der Waals surface area contributed by atoms with E-state index in [0.717, 1.165) is 44.2 Å². The zero-order chi connectivity index (χ0) is 23.8. The van der Waals surface area contributed by atoms with Crippen molar-refractivity contribution in [3.8, 4) is 0 Å². The van der Waals surface area contributed by atoms with Crippen molar-refractivity contribution in [3.05, 3.63) is 36.0 Å². The van der Waals surface area contributed by atoms with Gasteiger partial charge in [-0.3, -0.25) is 9.69 Å². The zero-order valence-corrected chi connectivity index (χ0v) is 18.8. The van der Waals surface area contributed by atoms with Gasteiger partial charge in [0.25, 0.3) is 0 Å². The van der Waals surface area contributed by atoms with Crippen LogP contribution in [0.3, 0.4) is 0 Å². The van der Waals surface area contributed by atoms with Crippen molar-refractivity contribution in [1.82, 2.24) is 9.88 Å². The third-order valence-corrected chi connectivity index (χ3v) is 7.22. The summed E-state index contributed by atoms with van der Waals surface area (Å²) < 4.78 is 40.0. The molecule has 1 amide bonds. The third kappa shape index (κ3) is 5.09. The largest absolute Gasteiger partial charge is 0.416 e. The summed E-state index contributed by atoms with van der Waals surface area (Å²) in [6.07, 6.45) is 1.66. The molecule has 1 atom stereocenters. The van der Waals surface area contributed by atoms with Gasteiger partial charge < -0.3 is 15.7 Å². The Kier molecular flexibility index (Phi) is 6.81. The number of anilines is 1. The van der Waals surface area contributed by atoms with Gasteiger partial charge in [0.15, 0.2) is 0 Å². The average Bonchev–Trinajstić information content (AvgIpc) is 2.75. The number of nitrogens with zero attached hydrogens (tertiary/aromatic N) is 3. The lowest BCUT2D eigenvalue weighted by Gasteiger charge is -2.50. The molecule has 33 heavy (non-hydrogen) atoms. The highest BCUT2D eigenvalue weighted by Gasteiger charge is 2.39. The minimum atomic E-state index is -4.46. The van der Waals surface area contributed by atoms with Crippen molar-refractivity contribution < 1.29 is 23.1 Å². The van der Waals surface area contributed by atoms with Crippen molar-refractivity contribution in [2.45, 2.75) is 63.4 Å². The summed E-state index contributed by atoms with van der Waals surface area (Å²) >= 11 is 0. The second-order valence-corrected chi connectivity index (χ2v) is 9.31. The van der Waals surface area contributed by atoms with Crippen molar-refractivity contribution in [3.63, 3.8) is 0 Å². The van der Waals surface area contributed by atoms with Crippen LogP contribution in [0.1, 0.15) is 44.6 Å². The Bertz CT molecular complexity index is 985. The molecule has 1 saturated carbocycles. The molecule has 2 aliphatic rings. The fourth-order valence-electron chi connectivity index (χ4n) is 5.27. The summed E-state index contributed by atoms with van der Waals surface area (Å²) in [5.41, 5.74) is 4.75. The molecule has 0 bridgehead atoms. The zero-order valence-electron chi connectivity index (χ0n) is 18.8. The van der Waals surface area contributed by atoms with E-state index in [1.165, 1.54) is 6.07 Å². The molecule has 1 aliphatic heterocycles. The number of aliphatic hydroxyl groups excluding tert-OH is 1. The van der Waals surface area contributed by atoms with E-state index in [1.807, 2.05) is 6.92 Å². The van der Waals surface area contributed by atoms with E-state index in [9.17, 15) is 23.1 Å². The molecule has 1 aromatic carbocycles. The Hall–Kier alpha value is -2.39. The molecule has 9 heteroatoms. The highest BCUT2D eigenvalue weighted by molar-refractivity contribution is 5.94. The number of hydrogen-bond acceptors (Lipinski definition) is 5. The first-order valence-corrected chi connectivity index (χ1v) is 11.6. The molecule has 6 nitrogen and oxygen atoms in total. The molecule has 1 unspecified atom stereocenters. The molecular formula is C24H31F3N4O2. The van der Waals surface area contributed by atoms with E-state index in [2.05, 4.69) is 9.88 Å². The number of amides is 1. The number of pyridine rings is 1. The van der Waals surface area contributed by atoms with Crippen molar-refractivity contribution in [1.29, 1.82) is 0 Å². The standard InChI is InChI=1S/C24H31F3N4O2/c1-2-21(32)16-4-7-18(8-5-16)30-12-19(13-30)31(14-22(28)33)23-20-11-17(24(25,26)27)6-3-15(20)9-10-29-23/h3,6,9-11,16,18-19,21,32H,2,4-5,7-8,12-14H2,1H3,(H2,28,33). The van der Waals surface area contributed by atoms with Gasteiger partial charge in [-0.15, -0.1) is 0 Å². The van der Waals surface area contributed by atoms with Crippen LogP contribution in [-0.2, 0) is 11.0 Å². The summed E-state index contributed by atoms with van der Waals surface area (Å²) in [5.74, 6) is 0.169. The number of rotatable bonds is 7. The molecule has 4 rings (SSSR count). The molecule has 3 N–H and O–H groups in total. The van der Waals surface area contributed by atoms with E-state index >= 15 is 0 Å².